The first kappa shape index (κ1) is 26.7. The van der Waals surface area contributed by atoms with Crippen molar-refractivity contribution in [3.8, 4) is 11.1 Å². The number of nitrogens with zero attached hydrogens (tertiary/aromatic N) is 3. The lowest BCUT2D eigenvalue weighted by molar-refractivity contribution is 0.0524. The quantitative estimate of drug-likeness (QED) is 0.162. The van der Waals surface area contributed by atoms with E-state index >= 15 is 0 Å². The lowest BCUT2D eigenvalue weighted by Crippen LogP contribution is -2.33. The number of nitrogens with one attached hydrogen (secondary N) is 2. The summed E-state index contributed by atoms with van der Waals surface area (Å²) in [6.07, 6.45) is 3.73. The maximum Gasteiger partial charge on any atom is 0.407 e. The smallest absolute Gasteiger partial charge is 0.407 e. The number of amides is 1. The molecule has 0 fully saturated rings. The van der Waals surface area contributed by atoms with Gasteiger partial charge < -0.3 is 24.6 Å². The molecule has 186 valence electrons. The number of aryl methyl sites for hydroxylation is 2. The largest absolute Gasteiger partial charge is 0.444 e. The summed E-state index contributed by atoms with van der Waals surface area (Å²) in [6, 6.07) is 4.27. The summed E-state index contributed by atoms with van der Waals surface area (Å²) in [5.74, 6) is 0.801. The van der Waals surface area contributed by atoms with E-state index in [0.717, 1.165) is 52.0 Å². The molecule has 3 rings (SSSR count). The Morgan fingerprint density at radius 2 is 2.00 bits per heavy atom. The van der Waals surface area contributed by atoms with Gasteiger partial charge in [0.2, 0.25) is 0 Å². The third-order valence-electron chi connectivity index (χ3n) is 5.04. The SMILES string of the molecule is Cc1noc(C)c1-c1cc(NCCOCCCCNC(=O)OC(C)(C)C)c2cnn(PI)c2c1. The minimum absolute atomic E-state index is 0.380. The van der Waals surface area contributed by atoms with E-state index in [1.807, 2.05) is 45.3 Å². The molecule has 2 aromatic heterocycles. The molecule has 1 aromatic carbocycles. The zero-order valence-electron chi connectivity index (χ0n) is 20.3. The van der Waals surface area contributed by atoms with Crippen LogP contribution >= 0.6 is 28.4 Å². The van der Waals surface area contributed by atoms with Crippen LogP contribution in [0.15, 0.2) is 22.9 Å². The molecule has 1 unspecified atom stereocenters. The molecular weight excluding hydrogens is 568 g/mol. The Balaban J connectivity index is 1.49. The van der Waals surface area contributed by atoms with Crippen molar-refractivity contribution in [3.05, 3.63) is 29.8 Å². The van der Waals surface area contributed by atoms with Gasteiger partial charge in [-0.2, -0.15) is 5.10 Å². The maximum atomic E-state index is 11.6. The zero-order valence-corrected chi connectivity index (χ0v) is 23.5. The normalized spacial score (nSPS) is 12.1. The van der Waals surface area contributed by atoms with Crippen LogP contribution in [0.2, 0.25) is 0 Å². The predicted molar refractivity (Wildman–Crippen MR) is 145 cm³/mol. The van der Waals surface area contributed by atoms with Crippen LogP contribution in [0.25, 0.3) is 22.0 Å². The summed E-state index contributed by atoms with van der Waals surface area (Å²) in [5.41, 5.74) is 4.56. The molecule has 0 aliphatic rings. The first-order valence-corrected chi connectivity index (χ1v) is 15.4. The fourth-order valence-corrected chi connectivity index (χ4v) is 5.10. The van der Waals surface area contributed by atoms with Crippen molar-refractivity contribution in [1.29, 1.82) is 0 Å². The zero-order chi connectivity index (χ0) is 24.7. The average Bonchev–Trinajstić information content (AvgIpc) is 3.33. The summed E-state index contributed by atoms with van der Waals surface area (Å²) in [6.45, 7) is 11.9. The van der Waals surface area contributed by atoms with Crippen LogP contribution in [-0.2, 0) is 9.47 Å². The van der Waals surface area contributed by atoms with Gasteiger partial charge >= 0.3 is 6.09 Å². The second-order valence-electron chi connectivity index (χ2n) is 8.97. The Kier molecular flexibility index (Phi) is 9.56. The number of alkyl carbamates (subject to hydrolysis) is 1. The Bertz CT molecular complexity index is 1090. The number of hydrogen-bond donors (Lipinski definition) is 2. The lowest BCUT2D eigenvalue weighted by Gasteiger charge is -2.19. The molecule has 1 amide bonds. The van der Waals surface area contributed by atoms with Crippen LogP contribution in [0.4, 0.5) is 10.5 Å². The number of benzene rings is 1. The lowest BCUT2D eigenvalue weighted by atomic mass is 10.0. The van der Waals surface area contributed by atoms with Gasteiger partial charge in [-0.25, -0.2) is 9.25 Å². The predicted octanol–water partition coefficient (Wildman–Crippen LogP) is 5.83. The highest BCUT2D eigenvalue weighted by Crippen LogP contribution is 2.37. The number of ether oxygens (including phenoxy) is 2. The van der Waals surface area contributed by atoms with Crippen LogP contribution in [0, 0.1) is 13.8 Å². The molecule has 11 heteroatoms. The van der Waals surface area contributed by atoms with Gasteiger partial charge in [0.1, 0.15) is 11.4 Å². The molecule has 0 radical (unpaired) electrons. The number of anilines is 1. The van der Waals surface area contributed by atoms with Crippen molar-refractivity contribution >= 4 is 51.1 Å². The Morgan fingerprint density at radius 3 is 2.68 bits per heavy atom. The summed E-state index contributed by atoms with van der Waals surface area (Å²) in [4.78, 5) is 11.6. The second kappa shape index (κ2) is 12.2. The summed E-state index contributed by atoms with van der Waals surface area (Å²) in [5, 5.41) is 16.0. The van der Waals surface area contributed by atoms with E-state index < -0.39 is 5.60 Å². The van der Waals surface area contributed by atoms with E-state index in [1.165, 1.54) is 0 Å². The van der Waals surface area contributed by atoms with E-state index in [9.17, 15) is 4.79 Å². The van der Waals surface area contributed by atoms with Crippen LogP contribution in [-0.4, -0.2) is 52.7 Å². The van der Waals surface area contributed by atoms with E-state index in [2.05, 4.69) is 55.1 Å². The number of halogens is 1. The van der Waals surface area contributed by atoms with Gasteiger partial charge in [-0.05, 0) is 87.2 Å². The highest BCUT2D eigenvalue weighted by atomic mass is 127. The average molecular weight is 601 g/mol. The van der Waals surface area contributed by atoms with E-state index in [-0.39, 0.29) is 6.09 Å². The number of carbonyl (C=O) groups is 1. The first-order valence-electron chi connectivity index (χ1n) is 11.3. The van der Waals surface area contributed by atoms with E-state index in [4.69, 9.17) is 14.0 Å². The standard InChI is InChI=1S/C23H33IN5O4P/c1-15-21(16(2)33-28-15)17-12-19(18-14-27-29(34-24)20(18)13-17)25-9-11-31-10-7-6-8-26-22(30)32-23(3,4)5/h12-14,25,34H,6-11H2,1-5H3,(H,26,30). The minimum Gasteiger partial charge on any atom is -0.444 e. The molecule has 2 heterocycles. The third-order valence-corrected chi connectivity index (χ3v) is 6.92. The number of unbranched alkanes of at least 4 members (excludes halogenated alkanes) is 1. The van der Waals surface area contributed by atoms with Gasteiger partial charge in [0.05, 0.1) is 30.4 Å². The Hall–Kier alpha value is -1.91. The van der Waals surface area contributed by atoms with Gasteiger partial charge in [-0.15, -0.1) is 0 Å². The molecular formula is C23H33IN5O4P. The monoisotopic (exact) mass is 601 g/mol. The van der Waals surface area contributed by atoms with Crippen molar-refractivity contribution in [1.82, 2.24) is 20.0 Å². The molecule has 3 aromatic rings. The van der Waals surface area contributed by atoms with Crippen LogP contribution in [0.1, 0.15) is 45.1 Å². The highest BCUT2D eigenvalue weighted by molar-refractivity contribution is 14.2. The fourth-order valence-electron chi connectivity index (χ4n) is 3.57. The first-order chi connectivity index (χ1) is 16.2. The van der Waals surface area contributed by atoms with Crippen molar-refractivity contribution in [3.63, 3.8) is 0 Å². The third kappa shape index (κ3) is 7.29. The topological polar surface area (TPSA) is 103 Å². The number of carbonyl (C=O) groups excluding carboxylic acids is 1. The Morgan fingerprint density at radius 1 is 1.21 bits per heavy atom. The van der Waals surface area contributed by atoms with Gasteiger partial charge in [0, 0.05) is 36.3 Å². The number of rotatable bonds is 11. The molecule has 2 N–H and O–H groups in total. The van der Waals surface area contributed by atoms with Crippen LogP contribution in [0.3, 0.4) is 0 Å². The summed E-state index contributed by atoms with van der Waals surface area (Å²) >= 11 is 2.34. The number of hydrogen-bond acceptors (Lipinski definition) is 7. The second-order valence-corrected chi connectivity index (χ2v) is 11.0. The van der Waals surface area contributed by atoms with Gasteiger partial charge in [-0.3, -0.25) is 0 Å². The highest BCUT2D eigenvalue weighted by Gasteiger charge is 2.17. The van der Waals surface area contributed by atoms with Crippen molar-refractivity contribution < 1.29 is 18.8 Å². The van der Waals surface area contributed by atoms with Gasteiger partial charge in [-0.1, -0.05) is 5.16 Å². The maximum absolute atomic E-state index is 11.6. The van der Waals surface area contributed by atoms with Crippen LogP contribution < -0.4 is 10.6 Å². The molecule has 9 nitrogen and oxygen atoms in total. The number of fused-ring (bicyclic) bond motifs is 1. The van der Waals surface area contributed by atoms with E-state index in [1.54, 1.807) is 0 Å². The van der Waals surface area contributed by atoms with Crippen molar-refractivity contribution in [2.75, 3.05) is 31.6 Å². The molecule has 0 saturated heterocycles. The molecule has 0 saturated carbocycles. The van der Waals surface area contributed by atoms with Gasteiger partial charge in [0.25, 0.3) is 0 Å². The summed E-state index contributed by atoms with van der Waals surface area (Å²) in [7, 11) is 0. The Labute approximate surface area is 215 Å². The summed E-state index contributed by atoms with van der Waals surface area (Å²) < 4.78 is 18.4. The molecule has 1 atom stereocenters. The van der Waals surface area contributed by atoms with Crippen molar-refractivity contribution in [2.45, 2.75) is 53.1 Å². The molecule has 34 heavy (non-hydrogen) atoms. The molecule has 0 aliphatic carbocycles. The molecule has 0 bridgehead atoms. The van der Waals surface area contributed by atoms with E-state index in [0.29, 0.717) is 32.7 Å². The van der Waals surface area contributed by atoms with Crippen LogP contribution in [0.5, 0.6) is 0 Å². The fraction of sp³-hybridized carbons (Fsp3) is 0.522. The van der Waals surface area contributed by atoms with Crippen molar-refractivity contribution in [2.24, 2.45) is 0 Å². The number of aromatic nitrogens is 3. The van der Waals surface area contributed by atoms with Gasteiger partial charge in [0.15, 0.2) is 0 Å². The molecule has 0 spiro atoms. The molecule has 0 aliphatic heterocycles. The minimum atomic E-state index is -0.479.